The molecule has 1 saturated heterocycles. The van der Waals surface area contributed by atoms with E-state index in [2.05, 4.69) is 34.8 Å². The zero-order chi connectivity index (χ0) is 16.3. The summed E-state index contributed by atoms with van der Waals surface area (Å²) in [5, 5.41) is 19.0. The molecule has 2 heterocycles. The van der Waals surface area contributed by atoms with Crippen molar-refractivity contribution >= 4 is 11.8 Å². The summed E-state index contributed by atoms with van der Waals surface area (Å²) in [7, 11) is 3.89. The SMILES string of the molecule is CC(C)c1cc(N2CCC(CO)(CO)CC2)nc(N(C)C)n1. The van der Waals surface area contributed by atoms with Crippen LogP contribution in [-0.4, -0.2) is 60.6 Å². The Morgan fingerprint density at radius 3 is 2.23 bits per heavy atom. The van der Waals surface area contributed by atoms with E-state index in [9.17, 15) is 10.2 Å². The molecule has 1 aliphatic rings. The maximum Gasteiger partial charge on any atom is 0.227 e. The van der Waals surface area contributed by atoms with Gasteiger partial charge in [0, 0.05) is 38.7 Å². The van der Waals surface area contributed by atoms with Gasteiger partial charge in [0.05, 0.1) is 18.9 Å². The van der Waals surface area contributed by atoms with Crippen LogP contribution in [0.2, 0.25) is 0 Å². The second-order valence-corrected chi connectivity index (χ2v) is 6.80. The second-order valence-electron chi connectivity index (χ2n) is 6.80. The molecule has 0 aromatic carbocycles. The first-order valence-corrected chi connectivity index (χ1v) is 7.94. The molecule has 1 fully saturated rings. The molecule has 124 valence electrons. The van der Waals surface area contributed by atoms with Gasteiger partial charge in [-0.15, -0.1) is 0 Å². The average molecular weight is 308 g/mol. The van der Waals surface area contributed by atoms with Crippen molar-refractivity contribution in [3.63, 3.8) is 0 Å². The first-order valence-electron chi connectivity index (χ1n) is 7.94. The van der Waals surface area contributed by atoms with Gasteiger partial charge in [-0.1, -0.05) is 13.8 Å². The minimum atomic E-state index is -0.339. The molecule has 6 nitrogen and oxygen atoms in total. The van der Waals surface area contributed by atoms with Crippen molar-refractivity contribution < 1.29 is 10.2 Å². The van der Waals surface area contributed by atoms with Crippen molar-refractivity contribution in [2.75, 3.05) is 50.2 Å². The highest BCUT2D eigenvalue weighted by molar-refractivity contribution is 5.46. The lowest BCUT2D eigenvalue weighted by Gasteiger charge is -2.40. The van der Waals surface area contributed by atoms with Gasteiger partial charge in [0.1, 0.15) is 5.82 Å². The van der Waals surface area contributed by atoms with E-state index in [0.717, 1.165) is 43.4 Å². The Kier molecular flexibility index (Phi) is 5.24. The van der Waals surface area contributed by atoms with Gasteiger partial charge in [0.15, 0.2) is 0 Å². The van der Waals surface area contributed by atoms with Crippen LogP contribution in [0.1, 0.15) is 38.3 Å². The fraction of sp³-hybridized carbons (Fsp3) is 0.750. The van der Waals surface area contributed by atoms with E-state index >= 15 is 0 Å². The quantitative estimate of drug-likeness (QED) is 0.852. The summed E-state index contributed by atoms with van der Waals surface area (Å²) in [5.74, 6) is 2.01. The first-order chi connectivity index (χ1) is 10.4. The van der Waals surface area contributed by atoms with Gasteiger partial charge in [-0.05, 0) is 18.8 Å². The summed E-state index contributed by atoms with van der Waals surface area (Å²) in [6, 6.07) is 2.06. The van der Waals surface area contributed by atoms with E-state index in [1.807, 2.05) is 19.0 Å². The van der Waals surface area contributed by atoms with E-state index in [-0.39, 0.29) is 18.6 Å². The van der Waals surface area contributed by atoms with Gasteiger partial charge in [-0.2, -0.15) is 4.98 Å². The van der Waals surface area contributed by atoms with Gasteiger partial charge in [0.2, 0.25) is 5.95 Å². The maximum atomic E-state index is 9.52. The number of aromatic nitrogens is 2. The molecule has 0 radical (unpaired) electrons. The van der Waals surface area contributed by atoms with E-state index in [1.165, 1.54) is 0 Å². The van der Waals surface area contributed by atoms with Crippen LogP contribution in [-0.2, 0) is 0 Å². The lowest BCUT2D eigenvalue weighted by Crippen LogP contribution is -2.44. The average Bonchev–Trinajstić information content (AvgIpc) is 2.54. The van der Waals surface area contributed by atoms with E-state index in [1.54, 1.807) is 0 Å². The Bertz CT molecular complexity index is 465. The van der Waals surface area contributed by atoms with Gasteiger partial charge in [-0.3, -0.25) is 0 Å². The molecule has 6 heteroatoms. The third-order valence-corrected chi connectivity index (χ3v) is 4.53. The van der Waals surface area contributed by atoms with Crippen LogP contribution in [0.3, 0.4) is 0 Å². The minimum Gasteiger partial charge on any atom is -0.396 e. The van der Waals surface area contributed by atoms with Crippen LogP contribution in [0.5, 0.6) is 0 Å². The van der Waals surface area contributed by atoms with Gasteiger partial charge < -0.3 is 20.0 Å². The summed E-state index contributed by atoms with van der Waals surface area (Å²) in [5.41, 5.74) is 0.698. The minimum absolute atomic E-state index is 0.0430. The van der Waals surface area contributed by atoms with Gasteiger partial charge in [-0.25, -0.2) is 4.98 Å². The maximum absolute atomic E-state index is 9.52. The van der Waals surface area contributed by atoms with Crippen LogP contribution >= 0.6 is 0 Å². The zero-order valence-corrected chi connectivity index (χ0v) is 14.1. The molecule has 0 atom stereocenters. The molecule has 22 heavy (non-hydrogen) atoms. The third kappa shape index (κ3) is 3.50. The zero-order valence-electron chi connectivity index (χ0n) is 14.1. The van der Waals surface area contributed by atoms with Gasteiger partial charge >= 0.3 is 0 Å². The molecule has 0 unspecified atom stereocenters. The number of hydrogen-bond donors (Lipinski definition) is 2. The van der Waals surface area contributed by atoms with Crippen molar-refractivity contribution in [3.8, 4) is 0 Å². The van der Waals surface area contributed by atoms with Crippen LogP contribution < -0.4 is 9.80 Å². The molecule has 0 aliphatic carbocycles. The number of aliphatic hydroxyl groups excluding tert-OH is 2. The lowest BCUT2D eigenvalue weighted by molar-refractivity contribution is 0.0340. The number of piperidine rings is 1. The highest BCUT2D eigenvalue weighted by Crippen LogP contribution is 2.33. The Balaban J connectivity index is 2.22. The Hall–Kier alpha value is -1.40. The number of rotatable bonds is 5. The Morgan fingerprint density at radius 1 is 1.18 bits per heavy atom. The van der Waals surface area contributed by atoms with Crippen molar-refractivity contribution in [3.05, 3.63) is 11.8 Å². The second kappa shape index (κ2) is 6.79. The van der Waals surface area contributed by atoms with Crippen molar-refractivity contribution in [2.24, 2.45) is 5.41 Å². The molecule has 0 amide bonds. The molecule has 1 aromatic heterocycles. The molecule has 2 rings (SSSR count). The van der Waals surface area contributed by atoms with Crippen LogP contribution in [0.25, 0.3) is 0 Å². The largest absolute Gasteiger partial charge is 0.396 e. The van der Waals surface area contributed by atoms with Crippen molar-refractivity contribution in [1.82, 2.24) is 9.97 Å². The van der Waals surface area contributed by atoms with Crippen molar-refractivity contribution in [1.29, 1.82) is 0 Å². The topological polar surface area (TPSA) is 72.7 Å². The highest BCUT2D eigenvalue weighted by atomic mass is 16.3. The fourth-order valence-corrected chi connectivity index (χ4v) is 2.67. The van der Waals surface area contributed by atoms with E-state index in [4.69, 9.17) is 0 Å². The van der Waals surface area contributed by atoms with E-state index in [0.29, 0.717) is 5.92 Å². The number of aliphatic hydroxyl groups is 2. The monoisotopic (exact) mass is 308 g/mol. The van der Waals surface area contributed by atoms with Crippen LogP contribution in [0.4, 0.5) is 11.8 Å². The normalized spacial score (nSPS) is 17.9. The summed E-state index contributed by atoms with van der Waals surface area (Å²) in [6.07, 6.45) is 1.55. The fourth-order valence-electron chi connectivity index (χ4n) is 2.67. The first kappa shape index (κ1) is 17.0. The summed E-state index contributed by atoms with van der Waals surface area (Å²) in [4.78, 5) is 13.4. The van der Waals surface area contributed by atoms with Crippen LogP contribution in [0.15, 0.2) is 6.07 Å². The smallest absolute Gasteiger partial charge is 0.227 e. The molecule has 0 spiro atoms. The molecule has 2 N–H and O–H groups in total. The molecule has 1 aliphatic heterocycles. The summed E-state index contributed by atoms with van der Waals surface area (Å²) >= 11 is 0. The standard InChI is InChI=1S/C16H28N4O2/c1-12(2)13-9-14(18-15(17-13)19(3)4)20-7-5-16(10-21,11-22)6-8-20/h9,12,21-22H,5-8,10-11H2,1-4H3. The molecule has 0 bridgehead atoms. The highest BCUT2D eigenvalue weighted by Gasteiger charge is 2.34. The Labute approximate surface area is 132 Å². The van der Waals surface area contributed by atoms with Crippen LogP contribution in [0, 0.1) is 5.41 Å². The molecular formula is C16H28N4O2. The number of anilines is 2. The summed E-state index contributed by atoms with van der Waals surface area (Å²) in [6.45, 7) is 5.93. The number of nitrogens with zero attached hydrogens (tertiary/aromatic N) is 4. The summed E-state index contributed by atoms with van der Waals surface area (Å²) < 4.78 is 0. The molecule has 1 aromatic rings. The van der Waals surface area contributed by atoms with E-state index < -0.39 is 0 Å². The van der Waals surface area contributed by atoms with Gasteiger partial charge in [0.25, 0.3) is 0 Å². The number of hydrogen-bond acceptors (Lipinski definition) is 6. The lowest BCUT2D eigenvalue weighted by atomic mass is 9.80. The molecule has 0 saturated carbocycles. The third-order valence-electron chi connectivity index (χ3n) is 4.53. The predicted molar refractivity (Wildman–Crippen MR) is 88.5 cm³/mol. The predicted octanol–water partition coefficient (Wildman–Crippen LogP) is 1.24. The van der Waals surface area contributed by atoms with Crippen molar-refractivity contribution in [2.45, 2.75) is 32.6 Å². The Morgan fingerprint density at radius 2 is 1.77 bits per heavy atom. The molecular weight excluding hydrogens is 280 g/mol.